The van der Waals surface area contributed by atoms with Gasteiger partial charge in [-0.2, -0.15) is 0 Å². The number of morpholine rings is 1. The van der Waals surface area contributed by atoms with Crippen molar-refractivity contribution in [1.82, 2.24) is 10.2 Å². The summed E-state index contributed by atoms with van der Waals surface area (Å²) in [4.78, 5) is 30.1. The van der Waals surface area contributed by atoms with Gasteiger partial charge in [0.15, 0.2) is 0 Å². The van der Waals surface area contributed by atoms with Crippen LogP contribution in [-0.2, 0) is 4.74 Å². The van der Waals surface area contributed by atoms with Crippen LogP contribution in [0.1, 0.15) is 52.5 Å². The molecule has 7 heteroatoms. The monoisotopic (exact) mass is 452 g/mol. The van der Waals surface area contributed by atoms with Crippen LogP contribution >= 0.6 is 0 Å². The molecule has 178 valence electrons. The molecule has 7 nitrogen and oxygen atoms in total. The van der Waals surface area contributed by atoms with Crippen LogP contribution in [-0.4, -0.2) is 70.2 Å². The number of rotatable bonds is 9. The van der Waals surface area contributed by atoms with Gasteiger partial charge >= 0.3 is 0 Å². The van der Waals surface area contributed by atoms with Crippen molar-refractivity contribution in [3.63, 3.8) is 0 Å². The maximum absolute atomic E-state index is 13.1. The van der Waals surface area contributed by atoms with E-state index in [0.717, 1.165) is 31.7 Å². The number of nitrogens with zero attached hydrogens (tertiary/aromatic N) is 2. The third-order valence-electron chi connectivity index (χ3n) is 5.76. The van der Waals surface area contributed by atoms with Gasteiger partial charge in [-0.05, 0) is 68.9 Å². The third kappa shape index (κ3) is 7.04. The molecule has 1 aliphatic rings. The van der Waals surface area contributed by atoms with Crippen molar-refractivity contribution in [2.45, 2.75) is 26.2 Å². The number of ether oxygens (including phenoxy) is 1. The highest BCUT2D eigenvalue weighted by Gasteiger charge is 2.20. The summed E-state index contributed by atoms with van der Waals surface area (Å²) < 4.78 is 5.47. The van der Waals surface area contributed by atoms with E-state index < -0.39 is 0 Å². The summed E-state index contributed by atoms with van der Waals surface area (Å²) in [6.45, 7) is 8.48. The Balaban J connectivity index is 1.77. The summed E-state index contributed by atoms with van der Waals surface area (Å²) in [5.74, 6) is 0.0862. The fourth-order valence-corrected chi connectivity index (χ4v) is 3.79. The molecule has 2 aromatic carbocycles. The van der Waals surface area contributed by atoms with Crippen LogP contribution in [0.4, 0.5) is 11.4 Å². The van der Waals surface area contributed by atoms with Gasteiger partial charge in [0.2, 0.25) is 0 Å². The van der Waals surface area contributed by atoms with Gasteiger partial charge in [0, 0.05) is 36.6 Å². The molecule has 1 heterocycles. The Labute approximate surface area is 197 Å². The van der Waals surface area contributed by atoms with Crippen molar-refractivity contribution in [3.8, 4) is 0 Å². The molecule has 0 bridgehead atoms. The summed E-state index contributed by atoms with van der Waals surface area (Å²) in [6.07, 6.45) is 0.869. The number of hydrogen-bond donors (Lipinski definition) is 2. The number of carbonyl (C=O) groups is 2. The molecule has 1 saturated heterocycles. The van der Waals surface area contributed by atoms with E-state index >= 15 is 0 Å². The van der Waals surface area contributed by atoms with E-state index in [1.165, 1.54) is 5.56 Å². The molecule has 2 aromatic rings. The molecule has 3 rings (SSSR count). The van der Waals surface area contributed by atoms with E-state index in [1.54, 1.807) is 6.07 Å². The molecule has 0 aliphatic carbocycles. The Bertz CT molecular complexity index is 935. The zero-order chi connectivity index (χ0) is 23.8. The van der Waals surface area contributed by atoms with E-state index in [2.05, 4.69) is 34.3 Å². The molecule has 0 atom stereocenters. The zero-order valence-corrected chi connectivity index (χ0v) is 20.2. The van der Waals surface area contributed by atoms with Crippen LogP contribution in [0.15, 0.2) is 42.5 Å². The second-order valence-corrected chi connectivity index (χ2v) is 8.97. The Morgan fingerprint density at radius 1 is 1.03 bits per heavy atom. The molecule has 1 aliphatic heterocycles. The summed E-state index contributed by atoms with van der Waals surface area (Å²) in [5.41, 5.74) is 3.81. The largest absolute Gasteiger partial charge is 0.378 e. The van der Waals surface area contributed by atoms with Gasteiger partial charge in [0.05, 0.1) is 18.8 Å². The molecular weight excluding hydrogens is 416 g/mol. The van der Waals surface area contributed by atoms with Gasteiger partial charge in [-0.1, -0.05) is 26.0 Å². The summed E-state index contributed by atoms with van der Waals surface area (Å²) in [6, 6.07) is 13.2. The van der Waals surface area contributed by atoms with Crippen LogP contribution < -0.4 is 15.5 Å². The number of nitrogens with one attached hydrogen (secondary N) is 2. The maximum Gasteiger partial charge on any atom is 0.255 e. The third-order valence-corrected chi connectivity index (χ3v) is 5.76. The van der Waals surface area contributed by atoms with Crippen molar-refractivity contribution in [2.24, 2.45) is 0 Å². The standard InChI is InChI=1S/C26H36N4O3/c1-19(2)20-6-8-21(9-7-20)25(31)28-22-10-11-24(30-14-16-33-17-15-30)23(18-22)26(32)27-12-5-13-29(3)4/h6-11,18-19H,5,12-17H2,1-4H3,(H,27,32)(H,28,31). The highest BCUT2D eigenvalue weighted by molar-refractivity contribution is 6.06. The Kier molecular flexibility index (Phi) is 8.86. The second kappa shape index (κ2) is 11.8. The van der Waals surface area contributed by atoms with E-state index in [9.17, 15) is 9.59 Å². The molecule has 0 spiro atoms. The Hall–Kier alpha value is -2.90. The first kappa shape index (κ1) is 24.7. The summed E-state index contributed by atoms with van der Waals surface area (Å²) >= 11 is 0. The van der Waals surface area contributed by atoms with Crippen molar-refractivity contribution in [1.29, 1.82) is 0 Å². The van der Waals surface area contributed by atoms with Crippen LogP contribution in [0.5, 0.6) is 0 Å². The lowest BCUT2D eigenvalue weighted by Gasteiger charge is -2.30. The highest BCUT2D eigenvalue weighted by Crippen LogP contribution is 2.26. The average molecular weight is 453 g/mol. The minimum atomic E-state index is -0.193. The fourth-order valence-electron chi connectivity index (χ4n) is 3.79. The average Bonchev–Trinajstić information content (AvgIpc) is 2.82. The molecule has 2 amide bonds. The fraction of sp³-hybridized carbons (Fsp3) is 0.462. The summed E-state index contributed by atoms with van der Waals surface area (Å²) in [7, 11) is 4.03. The highest BCUT2D eigenvalue weighted by atomic mass is 16.5. The SMILES string of the molecule is CC(C)c1ccc(C(=O)Nc2ccc(N3CCOCC3)c(C(=O)NCCCN(C)C)c2)cc1. The number of benzene rings is 2. The number of amides is 2. The zero-order valence-electron chi connectivity index (χ0n) is 20.2. The first-order valence-electron chi connectivity index (χ1n) is 11.7. The lowest BCUT2D eigenvalue weighted by molar-refractivity contribution is 0.0949. The molecule has 2 N–H and O–H groups in total. The lowest BCUT2D eigenvalue weighted by Crippen LogP contribution is -2.38. The van der Waals surface area contributed by atoms with Crippen LogP contribution in [0, 0.1) is 0 Å². The van der Waals surface area contributed by atoms with Gasteiger partial charge in [-0.25, -0.2) is 0 Å². The molecule has 0 saturated carbocycles. The molecular formula is C26H36N4O3. The second-order valence-electron chi connectivity index (χ2n) is 8.97. The predicted molar refractivity (Wildman–Crippen MR) is 133 cm³/mol. The number of hydrogen-bond acceptors (Lipinski definition) is 5. The predicted octanol–water partition coefficient (Wildman–Crippen LogP) is 3.58. The minimum Gasteiger partial charge on any atom is -0.378 e. The van der Waals surface area contributed by atoms with Crippen molar-refractivity contribution >= 4 is 23.2 Å². The number of anilines is 2. The van der Waals surface area contributed by atoms with Gasteiger partial charge < -0.3 is 25.2 Å². The number of carbonyl (C=O) groups excluding carboxylic acids is 2. The summed E-state index contributed by atoms with van der Waals surface area (Å²) in [5, 5.41) is 5.97. The molecule has 0 unspecified atom stereocenters. The van der Waals surface area contributed by atoms with Crippen LogP contribution in [0.3, 0.4) is 0 Å². The Morgan fingerprint density at radius 2 is 1.73 bits per heavy atom. The van der Waals surface area contributed by atoms with E-state index in [-0.39, 0.29) is 11.8 Å². The molecule has 0 aromatic heterocycles. The van der Waals surface area contributed by atoms with Crippen molar-refractivity contribution in [2.75, 3.05) is 63.7 Å². The van der Waals surface area contributed by atoms with E-state index in [0.29, 0.717) is 42.5 Å². The first-order valence-corrected chi connectivity index (χ1v) is 11.7. The lowest BCUT2D eigenvalue weighted by atomic mass is 10.0. The Morgan fingerprint density at radius 3 is 2.36 bits per heavy atom. The van der Waals surface area contributed by atoms with Crippen LogP contribution in [0.25, 0.3) is 0 Å². The van der Waals surface area contributed by atoms with Gasteiger partial charge in [-0.15, -0.1) is 0 Å². The molecule has 0 radical (unpaired) electrons. The maximum atomic E-state index is 13.1. The van der Waals surface area contributed by atoms with Gasteiger partial charge in [-0.3, -0.25) is 9.59 Å². The quantitative estimate of drug-likeness (QED) is 0.569. The molecule has 1 fully saturated rings. The van der Waals surface area contributed by atoms with E-state index in [1.807, 2.05) is 50.5 Å². The van der Waals surface area contributed by atoms with E-state index in [4.69, 9.17) is 4.74 Å². The van der Waals surface area contributed by atoms with Gasteiger partial charge in [0.25, 0.3) is 11.8 Å². The normalized spacial score (nSPS) is 13.9. The first-order chi connectivity index (χ1) is 15.8. The minimum absolute atomic E-state index is 0.132. The van der Waals surface area contributed by atoms with Crippen molar-refractivity contribution < 1.29 is 14.3 Å². The van der Waals surface area contributed by atoms with Crippen molar-refractivity contribution in [3.05, 3.63) is 59.2 Å². The molecule has 33 heavy (non-hydrogen) atoms. The van der Waals surface area contributed by atoms with Gasteiger partial charge in [0.1, 0.15) is 0 Å². The topological polar surface area (TPSA) is 73.9 Å². The smallest absolute Gasteiger partial charge is 0.255 e. The van der Waals surface area contributed by atoms with Crippen LogP contribution in [0.2, 0.25) is 0 Å².